The number of rotatable bonds is 5. The van der Waals surface area contributed by atoms with Crippen LogP contribution in [0.2, 0.25) is 0 Å². The number of carbonyl (C=O) groups is 1. The van der Waals surface area contributed by atoms with Crippen LogP contribution in [0.4, 0.5) is 0 Å². The van der Waals surface area contributed by atoms with Crippen molar-refractivity contribution in [3.63, 3.8) is 0 Å². The largest absolute Gasteiger partial charge is 0.488 e. The Balaban J connectivity index is 2.04. The van der Waals surface area contributed by atoms with E-state index in [2.05, 4.69) is 11.0 Å². The summed E-state index contributed by atoms with van der Waals surface area (Å²) in [5.41, 5.74) is 4.71. The van der Waals surface area contributed by atoms with E-state index in [1.807, 2.05) is 50.5 Å². The number of ether oxygens (including phenoxy) is 1. The molecule has 0 saturated heterocycles. The molecule has 0 aromatic heterocycles. The topological polar surface area (TPSA) is 62.1 Å². The smallest absolute Gasteiger partial charge is 0.307 e. The lowest BCUT2D eigenvalue weighted by atomic mass is 9.97. The lowest BCUT2D eigenvalue weighted by Gasteiger charge is -2.12. The second-order valence-corrected chi connectivity index (χ2v) is 6.38. The number of aliphatic imine (C=N–C) groups is 1. The molecule has 1 heterocycles. The van der Waals surface area contributed by atoms with Gasteiger partial charge in [0.15, 0.2) is 0 Å². The van der Waals surface area contributed by atoms with Gasteiger partial charge in [-0.2, -0.15) is 0 Å². The fourth-order valence-corrected chi connectivity index (χ4v) is 2.88. The monoisotopic (exact) mass is 338 g/mol. The first-order valence-electron chi connectivity index (χ1n) is 8.30. The maximum atomic E-state index is 11.0. The van der Waals surface area contributed by atoms with Gasteiger partial charge in [0.2, 0.25) is 0 Å². The summed E-state index contributed by atoms with van der Waals surface area (Å²) in [4.78, 5) is 17.9. The first-order valence-corrected chi connectivity index (χ1v) is 8.30. The molecule has 0 spiro atoms. The van der Waals surface area contributed by atoms with Crippen LogP contribution < -0.4 is 4.74 Å². The average Bonchev–Trinajstić information content (AvgIpc) is 2.71. The highest BCUT2D eigenvalue weighted by Gasteiger charge is 2.20. The highest BCUT2D eigenvalue weighted by atomic mass is 16.5. The molecule has 0 bridgehead atoms. The minimum Gasteiger partial charge on any atom is -0.488 e. The lowest BCUT2D eigenvalue weighted by molar-refractivity contribution is -0.136. The molecule has 25 heavy (non-hydrogen) atoms. The molecule has 0 unspecified atom stereocenters. The van der Waals surface area contributed by atoms with Gasteiger partial charge in [0.05, 0.1) is 18.7 Å². The van der Waals surface area contributed by atoms with Crippen molar-refractivity contribution in [2.75, 3.05) is 27.2 Å². The molecule has 0 radical (unpaired) electrons. The van der Waals surface area contributed by atoms with Crippen LogP contribution >= 0.6 is 0 Å². The molecule has 0 fully saturated rings. The van der Waals surface area contributed by atoms with E-state index in [1.54, 1.807) is 0 Å². The van der Waals surface area contributed by atoms with Crippen LogP contribution in [0.3, 0.4) is 0 Å². The number of hydrogen-bond acceptors (Lipinski definition) is 4. The molecular weight excluding hydrogens is 316 g/mol. The zero-order chi connectivity index (χ0) is 17.8. The van der Waals surface area contributed by atoms with Gasteiger partial charge in [0.25, 0.3) is 0 Å². The number of benzene rings is 2. The van der Waals surface area contributed by atoms with E-state index in [0.29, 0.717) is 18.9 Å². The molecule has 1 aliphatic heterocycles. The van der Waals surface area contributed by atoms with E-state index in [9.17, 15) is 4.79 Å². The van der Waals surface area contributed by atoms with Gasteiger partial charge < -0.3 is 14.7 Å². The van der Waals surface area contributed by atoms with Crippen LogP contribution in [0.5, 0.6) is 5.75 Å². The maximum absolute atomic E-state index is 11.0. The van der Waals surface area contributed by atoms with Crippen molar-refractivity contribution in [3.05, 3.63) is 64.7 Å². The first kappa shape index (κ1) is 17.2. The maximum Gasteiger partial charge on any atom is 0.307 e. The van der Waals surface area contributed by atoms with Gasteiger partial charge in [-0.3, -0.25) is 9.79 Å². The van der Waals surface area contributed by atoms with Gasteiger partial charge in [-0.25, -0.2) is 0 Å². The third-order valence-corrected chi connectivity index (χ3v) is 4.13. The summed E-state index contributed by atoms with van der Waals surface area (Å²) >= 11 is 0. The van der Waals surface area contributed by atoms with Crippen molar-refractivity contribution >= 4 is 11.7 Å². The quantitative estimate of drug-likeness (QED) is 0.910. The SMILES string of the molecule is CN(C)CC/N=C1\c2ccccc2COc2cc(CC(=O)O)ccc21. The molecule has 0 saturated carbocycles. The van der Waals surface area contributed by atoms with Crippen LogP contribution in [-0.2, 0) is 17.8 Å². The third-order valence-electron chi connectivity index (χ3n) is 4.13. The van der Waals surface area contributed by atoms with Gasteiger partial charge in [-0.1, -0.05) is 30.3 Å². The highest BCUT2D eigenvalue weighted by molar-refractivity contribution is 6.15. The van der Waals surface area contributed by atoms with Crippen molar-refractivity contribution in [1.82, 2.24) is 4.90 Å². The first-order chi connectivity index (χ1) is 12.0. The molecular formula is C20H22N2O3. The van der Waals surface area contributed by atoms with Crippen molar-refractivity contribution in [2.45, 2.75) is 13.0 Å². The van der Waals surface area contributed by atoms with Gasteiger partial charge in [-0.05, 0) is 37.4 Å². The van der Waals surface area contributed by atoms with Crippen molar-refractivity contribution in [3.8, 4) is 5.75 Å². The van der Waals surface area contributed by atoms with Crippen LogP contribution in [0, 0.1) is 0 Å². The molecule has 2 aromatic carbocycles. The normalized spacial score (nSPS) is 14.6. The van der Waals surface area contributed by atoms with Crippen molar-refractivity contribution in [2.24, 2.45) is 4.99 Å². The van der Waals surface area contributed by atoms with Gasteiger partial charge >= 0.3 is 5.97 Å². The summed E-state index contributed by atoms with van der Waals surface area (Å²) in [5.74, 6) is -0.157. The van der Waals surface area contributed by atoms with Gasteiger partial charge in [0.1, 0.15) is 12.4 Å². The molecule has 1 N–H and O–H groups in total. The molecule has 1 aliphatic rings. The Morgan fingerprint density at radius 1 is 1.20 bits per heavy atom. The van der Waals surface area contributed by atoms with E-state index in [-0.39, 0.29) is 6.42 Å². The molecule has 5 heteroatoms. The number of fused-ring (bicyclic) bond motifs is 2. The van der Waals surface area contributed by atoms with Gasteiger partial charge in [0, 0.05) is 17.7 Å². The zero-order valence-corrected chi connectivity index (χ0v) is 14.5. The summed E-state index contributed by atoms with van der Waals surface area (Å²) < 4.78 is 5.97. The Hall–Kier alpha value is -2.66. The molecule has 130 valence electrons. The standard InChI is InChI=1S/C20H22N2O3/c1-22(2)10-9-21-20-16-6-4-3-5-15(16)13-25-18-11-14(12-19(23)24)7-8-17(18)20/h3-8,11H,9-10,12-13H2,1-2H3,(H,23,24)/b21-20+. The summed E-state index contributed by atoms with van der Waals surface area (Å²) in [6.45, 7) is 2.00. The van der Waals surface area contributed by atoms with Crippen molar-refractivity contribution < 1.29 is 14.6 Å². The second kappa shape index (κ2) is 7.49. The predicted molar refractivity (Wildman–Crippen MR) is 97.6 cm³/mol. The van der Waals surface area contributed by atoms with E-state index in [4.69, 9.17) is 14.8 Å². The summed E-state index contributed by atoms with van der Waals surface area (Å²) in [6.07, 6.45) is -0.0172. The van der Waals surface area contributed by atoms with Crippen LogP contribution in [0.15, 0.2) is 47.5 Å². The van der Waals surface area contributed by atoms with E-state index in [1.165, 1.54) is 0 Å². The van der Waals surface area contributed by atoms with E-state index >= 15 is 0 Å². The number of carboxylic acids is 1. The summed E-state index contributed by atoms with van der Waals surface area (Å²) in [6, 6.07) is 13.7. The van der Waals surface area contributed by atoms with Crippen LogP contribution in [0.1, 0.15) is 22.3 Å². The summed E-state index contributed by atoms with van der Waals surface area (Å²) in [5, 5.41) is 9.02. The Morgan fingerprint density at radius 2 is 2.00 bits per heavy atom. The minimum absolute atomic E-state index is 0.0172. The average molecular weight is 338 g/mol. The fraction of sp³-hybridized carbons (Fsp3) is 0.300. The fourth-order valence-electron chi connectivity index (χ4n) is 2.88. The van der Waals surface area contributed by atoms with Gasteiger partial charge in [-0.15, -0.1) is 0 Å². The Morgan fingerprint density at radius 3 is 2.76 bits per heavy atom. The molecule has 5 nitrogen and oxygen atoms in total. The minimum atomic E-state index is -0.850. The zero-order valence-electron chi connectivity index (χ0n) is 14.5. The molecule has 0 aliphatic carbocycles. The Labute approximate surface area is 147 Å². The summed E-state index contributed by atoms with van der Waals surface area (Å²) in [7, 11) is 4.05. The molecule has 3 rings (SSSR count). The van der Waals surface area contributed by atoms with Crippen LogP contribution in [-0.4, -0.2) is 48.9 Å². The predicted octanol–water partition coefficient (Wildman–Crippen LogP) is 2.61. The van der Waals surface area contributed by atoms with E-state index < -0.39 is 5.97 Å². The number of likely N-dealkylation sites (N-methyl/N-ethyl adjacent to an activating group) is 1. The number of hydrogen-bond donors (Lipinski definition) is 1. The van der Waals surface area contributed by atoms with E-state index in [0.717, 1.165) is 34.5 Å². The second-order valence-electron chi connectivity index (χ2n) is 6.38. The van der Waals surface area contributed by atoms with Crippen LogP contribution in [0.25, 0.3) is 0 Å². The van der Waals surface area contributed by atoms with Crippen molar-refractivity contribution in [1.29, 1.82) is 0 Å². The Kier molecular flexibility index (Phi) is 5.14. The molecule has 2 aromatic rings. The Bertz CT molecular complexity index is 812. The highest BCUT2D eigenvalue weighted by Crippen LogP contribution is 2.30. The number of aliphatic carboxylic acids is 1. The molecule has 0 amide bonds. The number of nitrogens with zero attached hydrogens (tertiary/aromatic N) is 2. The molecule has 0 atom stereocenters. The lowest BCUT2D eigenvalue weighted by Crippen LogP contribution is -2.17. The number of carboxylic acid groups (broad SMARTS) is 1. The third kappa shape index (κ3) is 4.06.